The van der Waals surface area contributed by atoms with Crippen molar-refractivity contribution in [1.29, 1.82) is 0 Å². The number of ether oxygens (including phenoxy) is 2. The van der Waals surface area contributed by atoms with Gasteiger partial charge in [0.2, 0.25) is 0 Å². The van der Waals surface area contributed by atoms with Gasteiger partial charge < -0.3 is 20.1 Å². The van der Waals surface area contributed by atoms with Gasteiger partial charge in [0.15, 0.2) is 5.96 Å². The summed E-state index contributed by atoms with van der Waals surface area (Å²) in [6, 6.07) is 8.24. The molecule has 0 amide bonds. The van der Waals surface area contributed by atoms with Gasteiger partial charge in [-0.05, 0) is 43.4 Å². The first kappa shape index (κ1) is 16.6. The number of rotatable bonds is 7. The Morgan fingerprint density at radius 2 is 2.14 bits per heavy atom. The highest BCUT2D eigenvalue weighted by Crippen LogP contribution is 2.12. The molecule has 1 saturated heterocycles. The van der Waals surface area contributed by atoms with Gasteiger partial charge in [-0.3, -0.25) is 4.99 Å². The molecule has 2 rings (SSSR count). The lowest BCUT2D eigenvalue weighted by atomic mass is 10.1. The molecule has 0 aliphatic carbocycles. The average Bonchev–Trinajstić information content (AvgIpc) is 3.08. The average molecular weight is 305 g/mol. The zero-order chi connectivity index (χ0) is 15.6. The molecule has 1 aliphatic heterocycles. The van der Waals surface area contributed by atoms with Crippen LogP contribution in [0.5, 0.6) is 5.75 Å². The zero-order valence-corrected chi connectivity index (χ0v) is 13.6. The molecular weight excluding hydrogens is 278 g/mol. The van der Waals surface area contributed by atoms with E-state index in [4.69, 9.17) is 9.47 Å². The third kappa shape index (κ3) is 5.56. The second kappa shape index (κ2) is 9.30. The van der Waals surface area contributed by atoms with Gasteiger partial charge in [0.1, 0.15) is 5.75 Å². The highest BCUT2D eigenvalue weighted by atomic mass is 16.5. The van der Waals surface area contributed by atoms with Gasteiger partial charge in [-0.2, -0.15) is 0 Å². The van der Waals surface area contributed by atoms with Crippen molar-refractivity contribution in [2.24, 2.45) is 4.99 Å². The molecule has 1 heterocycles. The van der Waals surface area contributed by atoms with Crippen LogP contribution in [-0.4, -0.2) is 45.9 Å². The highest BCUT2D eigenvalue weighted by Gasteiger charge is 2.15. The molecule has 1 fully saturated rings. The van der Waals surface area contributed by atoms with Crippen LogP contribution in [0.1, 0.15) is 24.8 Å². The topological polar surface area (TPSA) is 54.9 Å². The number of benzene rings is 1. The van der Waals surface area contributed by atoms with Crippen LogP contribution >= 0.6 is 0 Å². The zero-order valence-electron chi connectivity index (χ0n) is 13.6. The van der Waals surface area contributed by atoms with Gasteiger partial charge in [-0.25, -0.2) is 0 Å². The fraction of sp³-hybridized carbons (Fsp3) is 0.588. The van der Waals surface area contributed by atoms with E-state index in [0.29, 0.717) is 6.10 Å². The van der Waals surface area contributed by atoms with Crippen LogP contribution in [0.4, 0.5) is 0 Å². The number of methoxy groups -OCH3 is 1. The van der Waals surface area contributed by atoms with Crippen LogP contribution in [0.15, 0.2) is 29.3 Å². The molecule has 0 spiro atoms. The lowest BCUT2D eigenvalue weighted by Gasteiger charge is -2.15. The van der Waals surface area contributed by atoms with Crippen molar-refractivity contribution in [3.8, 4) is 5.75 Å². The Hall–Kier alpha value is -1.75. The summed E-state index contributed by atoms with van der Waals surface area (Å²) in [5, 5.41) is 6.67. The van der Waals surface area contributed by atoms with Crippen LogP contribution in [0.2, 0.25) is 0 Å². The molecule has 22 heavy (non-hydrogen) atoms. The maximum absolute atomic E-state index is 5.59. The second-order valence-electron chi connectivity index (χ2n) is 5.47. The molecule has 0 saturated carbocycles. The molecule has 0 bridgehead atoms. The molecule has 1 unspecified atom stereocenters. The SMILES string of the molecule is CN=C(NCCCc1ccc(OC)cc1)NCC1CCCO1. The Bertz CT molecular complexity index is 453. The van der Waals surface area contributed by atoms with Gasteiger partial charge in [-0.1, -0.05) is 12.1 Å². The Morgan fingerprint density at radius 1 is 1.32 bits per heavy atom. The molecule has 1 aromatic carbocycles. The fourth-order valence-corrected chi connectivity index (χ4v) is 2.53. The molecule has 2 N–H and O–H groups in total. The summed E-state index contributed by atoms with van der Waals surface area (Å²) in [7, 11) is 3.49. The van der Waals surface area contributed by atoms with Gasteiger partial charge in [0.05, 0.1) is 13.2 Å². The van der Waals surface area contributed by atoms with Crippen molar-refractivity contribution >= 4 is 5.96 Å². The van der Waals surface area contributed by atoms with Crippen molar-refractivity contribution in [3.05, 3.63) is 29.8 Å². The molecule has 0 aromatic heterocycles. The maximum Gasteiger partial charge on any atom is 0.191 e. The number of hydrogen-bond acceptors (Lipinski definition) is 3. The first-order chi connectivity index (χ1) is 10.8. The molecule has 5 nitrogen and oxygen atoms in total. The summed E-state index contributed by atoms with van der Waals surface area (Å²) in [6.07, 6.45) is 4.74. The van der Waals surface area contributed by atoms with Gasteiger partial charge in [0.25, 0.3) is 0 Å². The lowest BCUT2D eigenvalue weighted by Crippen LogP contribution is -2.41. The molecule has 122 valence electrons. The Balaban J connectivity index is 1.61. The summed E-state index contributed by atoms with van der Waals surface area (Å²) < 4.78 is 10.8. The first-order valence-electron chi connectivity index (χ1n) is 8.01. The minimum Gasteiger partial charge on any atom is -0.497 e. The Kier molecular flexibility index (Phi) is 7.03. The summed E-state index contributed by atoms with van der Waals surface area (Å²) in [5.74, 6) is 1.76. The van der Waals surface area contributed by atoms with E-state index >= 15 is 0 Å². The maximum atomic E-state index is 5.59. The molecule has 5 heteroatoms. The van der Waals surface area contributed by atoms with Crippen LogP contribution in [0.25, 0.3) is 0 Å². The third-order valence-corrected chi connectivity index (χ3v) is 3.84. The smallest absolute Gasteiger partial charge is 0.191 e. The predicted molar refractivity (Wildman–Crippen MR) is 89.7 cm³/mol. The molecule has 1 aliphatic rings. The Morgan fingerprint density at radius 3 is 2.77 bits per heavy atom. The normalized spacial score (nSPS) is 18.3. The Labute approximate surface area is 133 Å². The van der Waals surface area contributed by atoms with E-state index in [0.717, 1.165) is 50.7 Å². The molecule has 1 aromatic rings. The summed E-state index contributed by atoms with van der Waals surface area (Å²) in [5.41, 5.74) is 1.32. The standard InChI is InChI=1S/C17H27N3O2/c1-18-17(20-13-16-6-4-12-22-16)19-11-3-5-14-7-9-15(21-2)10-8-14/h7-10,16H,3-6,11-13H2,1-2H3,(H2,18,19,20). The minimum atomic E-state index is 0.331. The summed E-state index contributed by atoms with van der Waals surface area (Å²) in [4.78, 5) is 4.24. The van der Waals surface area contributed by atoms with Crippen LogP contribution < -0.4 is 15.4 Å². The van der Waals surface area contributed by atoms with E-state index in [-0.39, 0.29) is 0 Å². The van der Waals surface area contributed by atoms with Crippen LogP contribution in [0, 0.1) is 0 Å². The molecule has 0 radical (unpaired) electrons. The van der Waals surface area contributed by atoms with Crippen molar-refractivity contribution in [1.82, 2.24) is 10.6 Å². The number of guanidine groups is 1. The molecule has 1 atom stereocenters. The van der Waals surface area contributed by atoms with Gasteiger partial charge >= 0.3 is 0 Å². The van der Waals surface area contributed by atoms with E-state index in [1.165, 1.54) is 12.0 Å². The largest absolute Gasteiger partial charge is 0.497 e. The highest BCUT2D eigenvalue weighted by molar-refractivity contribution is 5.79. The number of aliphatic imine (C=N–C) groups is 1. The fourth-order valence-electron chi connectivity index (χ4n) is 2.53. The predicted octanol–water partition coefficient (Wildman–Crippen LogP) is 1.97. The third-order valence-electron chi connectivity index (χ3n) is 3.84. The first-order valence-corrected chi connectivity index (χ1v) is 8.01. The van der Waals surface area contributed by atoms with E-state index in [2.05, 4.69) is 27.8 Å². The number of nitrogens with zero attached hydrogens (tertiary/aromatic N) is 1. The van der Waals surface area contributed by atoms with Crippen molar-refractivity contribution in [3.63, 3.8) is 0 Å². The van der Waals surface area contributed by atoms with E-state index in [9.17, 15) is 0 Å². The summed E-state index contributed by atoms with van der Waals surface area (Å²) in [6.45, 7) is 2.62. The van der Waals surface area contributed by atoms with E-state index in [1.807, 2.05) is 12.1 Å². The van der Waals surface area contributed by atoms with Crippen molar-refractivity contribution in [2.45, 2.75) is 31.8 Å². The van der Waals surface area contributed by atoms with Crippen molar-refractivity contribution < 1.29 is 9.47 Å². The minimum absolute atomic E-state index is 0.331. The number of hydrogen-bond donors (Lipinski definition) is 2. The second-order valence-corrected chi connectivity index (χ2v) is 5.47. The van der Waals surface area contributed by atoms with Gasteiger partial charge in [0, 0.05) is 26.7 Å². The quantitative estimate of drug-likeness (QED) is 0.459. The van der Waals surface area contributed by atoms with Gasteiger partial charge in [-0.15, -0.1) is 0 Å². The summed E-state index contributed by atoms with van der Waals surface area (Å²) >= 11 is 0. The number of aryl methyl sites for hydroxylation is 1. The number of nitrogens with one attached hydrogen (secondary N) is 2. The molecular formula is C17H27N3O2. The van der Waals surface area contributed by atoms with Crippen LogP contribution in [0.3, 0.4) is 0 Å². The van der Waals surface area contributed by atoms with E-state index < -0.39 is 0 Å². The monoisotopic (exact) mass is 305 g/mol. The van der Waals surface area contributed by atoms with Crippen molar-refractivity contribution in [2.75, 3.05) is 33.9 Å². The van der Waals surface area contributed by atoms with E-state index in [1.54, 1.807) is 14.2 Å². The lowest BCUT2D eigenvalue weighted by molar-refractivity contribution is 0.114. The van der Waals surface area contributed by atoms with Crippen LogP contribution in [-0.2, 0) is 11.2 Å².